The molecular formula is C53H95N7O5. The zero-order valence-electron chi connectivity index (χ0n) is 41.6. The summed E-state index contributed by atoms with van der Waals surface area (Å²) in [5.74, 6) is 3.70. The number of nitrogens with one attached hydrogen (secondary N) is 2. The molecule has 65 heavy (non-hydrogen) atoms. The molecule has 6 rings (SSSR count). The SMILES string of the molecule is CCCCCCCCN(CCC[C@@H](C)[C@H]1CC[C@H]2C3[C@H](OCCCN)CC4C[C@H](OCCCN)CC[C@]4(C)[C@H]3C[C@H](OCCCN)[C@]12C)C(=O)CCCCCN=C1C=CC=C2NONC21. The highest BCUT2D eigenvalue weighted by molar-refractivity contribution is 6.02. The van der Waals surface area contributed by atoms with E-state index in [-0.39, 0.29) is 29.1 Å². The number of allylic oxidation sites excluding steroid dienone is 2. The molecule has 0 radical (unpaired) electrons. The monoisotopic (exact) mass is 910 g/mol. The molecule has 0 aromatic heterocycles. The van der Waals surface area contributed by atoms with Crippen molar-refractivity contribution in [1.82, 2.24) is 15.9 Å². The van der Waals surface area contributed by atoms with Gasteiger partial charge in [0.15, 0.2) is 0 Å². The van der Waals surface area contributed by atoms with Crippen molar-refractivity contribution in [2.24, 2.45) is 68.5 Å². The molecule has 0 aromatic rings. The standard InChI is InChI=1S/C53H95N7O5/c1-5-6-7-8-9-13-31-60(49(61)22-11-10-12-30-57-45-20-14-21-46-51(45)59-65-58-46)32-15-19-39(2)42-23-24-43-50-44(38-48(53(42,43)4)64-35-18-29-56)52(3)26-25-41(62-33-16-27-54)36-40(52)37-47(50)63-34-17-28-55/h14,20-21,39-44,47-48,50-51,58-59H,5-13,15-19,22-38,54-56H2,1-4H3/t39-,40?,41-,42-,43+,44+,47-,48+,50?,51?,52+,53-/m1/s1. The van der Waals surface area contributed by atoms with Gasteiger partial charge in [-0.05, 0) is 169 Å². The van der Waals surface area contributed by atoms with Crippen molar-refractivity contribution in [2.45, 2.75) is 193 Å². The number of ether oxygens (including phenoxy) is 3. The predicted molar refractivity (Wildman–Crippen MR) is 264 cm³/mol. The molecule has 5 fully saturated rings. The molecule has 1 heterocycles. The van der Waals surface area contributed by atoms with E-state index in [0.29, 0.717) is 73.6 Å². The Balaban J connectivity index is 1.09. The van der Waals surface area contributed by atoms with Crippen LogP contribution in [-0.2, 0) is 23.9 Å². The first-order chi connectivity index (χ1) is 31.7. The summed E-state index contributed by atoms with van der Waals surface area (Å²) < 4.78 is 20.6. The first-order valence-electron chi connectivity index (χ1n) is 27.0. The van der Waals surface area contributed by atoms with Crippen molar-refractivity contribution in [3.63, 3.8) is 0 Å². The Morgan fingerprint density at radius 2 is 1.57 bits per heavy atom. The van der Waals surface area contributed by atoms with E-state index in [1.165, 1.54) is 51.4 Å². The van der Waals surface area contributed by atoms with Crippen LogP contribution in [-0.4, -0.2) is 100.0 Å². The summed E-state index contributed by atoms with van der Waals surface area (Å²) in [5.41, 5.74) is 26.1. The summed E-state index contributed by atoms with van der Waals surface area (Å²) >= 11 is 0. The van der Waals surface area contributed by atoms with E-state index in [4.69, 9.17) is 41.3 Å². The lowest BCUT2D eigenvalue weighted by atomic mass is 9.43. The third-order valence-electron chi connectivity index (χ3n) is 17.6. The molecule has 4 saturated carbocycles. The average molecular weight is 910 g/mol. The van der Waals surface area contributed by atoms with Crippen LogP contribution >= 0.6 is 0 Å². The molecule has 0 bridgehead atoms. The number of aliphatic imine (C=N–C) groups is 1. The Kier molecular flexibility index (Phi) is 21.6. The van der Waals surface area contributed by atoms with Gasteiger partial charge in [0.2, 0.25) is 5.91 Å². The number of nitrogens with two attached hydrogens (primary N) is 3. The summed E-state index contributed by atoms with van der Waals surface area (Å²) in [5, 5.41) is 0. The van der Waals surface area contributed by atoms with Crippen molar-refractivity contribution in [3.8, 4) is 0 Å². The van der Waals surface area contributed by atoms with E-state index >= 15 is 0 Å². The van der Waals surface area contributed by atoms with Crippen LogP contribution in [0.4, 0.5) is 0 Å². The third kappa shape index (κ3) is 13.5. The first kappa shape index (κ1) is 52.5. The van der Waals surface area contributed by atoms with E-state index in [2.05, 4.69) is 43.6 Å². The highest BCUT2D eigenvalue weighted by atomic mass is 16.8. The number of nitrogens with zero attached hydrogens (tertiary/aromatic N) is 2. The molecule has 1 saturated heterocycles. The molecule has 5 aliphatic carbocycles. The minimum Gasteiger partial charge on any atom is -0.378 e. The van der Waals surface area contributed by atoms with Crippen LogP contribution in [0.5, 0.6) is 0 Å². The Labute approximate surface area is 395 Å². The largest absolute Gasteiger partial charge is 0.378 e. The van der Waals surface area contributed by atoms with Crippen LogP contribution in [0.3, 0.4) is 0 Å². The average Bonchev–Trinajstić information content (AvgIpc) is 3.94. The molecule has 6 aliphatic rings. The molecule has 0 spiro atoms. The van der Waals surface area contributed by atoms with Gasteiger partial charge in [0, 0.05) is 51.3 Å². The first-order valence-corrected chi connectivity index (χ1v) is 27.0. The fourth-order valence-electron chi connectivity index (χ4n) is 13.9. The maximum atomic E-state index is 13.9. The minimum atomic E-state index is -0.0194. The number of hydrogen-bond donors (Lipinski definition) is 5. The minimum absolute atomic E-state index is 0.0194. The molecule has 372 valence electrons. The van der Waals surface area contributed by atoms with Crippen molar-refractivity contribution in [1.29, 1.82) is 0 Å². The lowest BCUT2D eigenvalue weighted by Crippen LogP contribution is -2.63. The normalized spacial score (nSPS) is 33.8. The van der Waals surface area contributed by atoms with Crippen molar-refractivity contribution < 1.29 is 23.9 Å². The van der Waals surface area contributed by atoms with E-state index in [1.807, 2.05) is 18.2 Å². The zero-order valence-corrected chi connectivity index (χ0v) is 41.6. The second-order valence-corrected chi connectivity index (χ2v) is 21.6. The number of amides is 1. The zero-order chi connectivity index (χ0) is 46.1. The van der Waals surface area contributed by atoms with Crippen molar-refractivity contribution >= 4 is 11.6 Å². The van der Waals surface area contributed by atoms with E-state index in [9.17, 15) is 4.79 Å². The summed E-state index contributed by atoms with van der Waals surface area (Å²) in [4.78, 5) is 26.2. The second kappa shape index (κ2) is 26.7. The fourth-order valence-corrected chi connectivity index (χ4v) is 13.9. The van der Waals surface area contributed by atoms with Crippen molar-refractivity contribution in [2.75, 3.05) is 59.1 Å². The van der Waals surface area contributed by atoms with Gasteiger partial charge in [-0.2, -0.15) is 10.4 Å². The lowest BCUT2D eigenvalue weighted by Gasteiger charge is -2.65. The maximum Gasteiger partial charge on any atom is 0.222 e. The lowest BCUT2D eigenvalue weighted by molar-refractivity contribution is -0.227. The Hall–Kier alpha value is -1.90. The van der Waals surface area contributed by atoms with Gasteiger partial charge in [0.05, 0.1) is 29.7 Å². The van der Waals surface area contributed by atoms with Gasteiger partial charge in [-0.3, -0.25) is 9.79 Å². The number of hydroxylamine groups is 2. The van der Waals surface area contributed by atoms with Gasteiger partial charge in [0.25, 0.3) is 0 Å². The molecule has 1 aliphatic heterocycles. The smallest absolute Gasteiger partial charge is 0.222 e. The predicted octanol–water partition coefficient (Wildman–Crippen LogP) is 8.54. The number of fused-ring (bicyclic) bond motifs is 6. The molecule has 3 unspecified atom stereocenters. The van der Waals surface area contributed by atoms with Crippen LogP contribution < -0.4 is 28.2 Å². The van der Waals surface area contributed by atoms with Crippen LogP contribution in [0.1, 0.15) is 169 Å². The number of hydrogen-bond acceptors (Lipinski definition) is 11. The highest BCUT2D eigenvalue weighted by Gasteiger charge is 2.66. The van der Waals surface area contributed by atoms with Crippen LogP contribution in [0.2, 0.25) is 0 Å². The Morgan fingerprint density at radius 3 is 2.35 bits per heavy atom. The van der Waals surface area contributed by atoms with Gasteiger partial charge >= 0.3 is 0 Å². The molecule has 12 heteroatoms. The third-order valence-corrected chi connectivity index (χ3v) is 17.6. The van der Waals surface area contributed by atoms with Gasteiger partial charge in [-0.25, -0.2) is 5.48 Å². The Morgan fingerprint density at radius 1 is 0.846 bits per heavy atom. The van der Waals surface area contributed by atoms with Gasteiger partial charge in [-0.15, -0.1) is 0 Å². The van der Waals surface area contributed by atoms with E-state index < -0.39 is 0 Å². The topological polar surface area (TPSA) is 172 Å². The summed E-state index contributed by atoms with van der Waals surface area (Å²) in [6, 6.07) is -0.0194. The number of carbonyl (C=O) groups is 1. The van der Waals surface area contributed by atoms with Crippen LogP contribution in [0.25, 0.3) is 0 Å². The van der Waals surface area contributed by atoms with Crippen molar-refractivity contribution in [3.05, 3.63) is 23.9 Å². The molecule has 0 aromatic carbocycles. The number of carbonyl (C=O) groups excluding carboxylic acids is 1. The number of rotatable bonds is 30. The maximum absolute atomic E-state index is 13.9. The molecule has 12 atom stereocenters. The van der Waals surface area contributed by atoms with Gasteiger partial charge in [0.1, 0.15) is 6.04 Å². The summed E-state index contributed by atoms with van der Waals surface area (Å²) in [7, 11) is 0. The second-order valence-electron chi connectivity index (χ2n) is 21.6. The van der Waals surface area contributed by atoms with E-state index in [1.54, 1.807) is 0 Å². The number of unbranched alkanes of at least 4 members (excludes halogenated alkanes) is 7. The highest BCUT2D eigenvalue weighted by Crippen LogP contribution is 2.69. The fraction of sp³-hybridized carbons (Fsp3) is 0.887. The molecule has 1 amide bonds. The Bertz CT molecular complexity index is 1510. The van der Waals surface area contributed by atoms with E-state index in [0.717, 1.165) is 134 Å². The molecular weight excluding hydrogens is 815 g/mol. The van der Waals surface area contributed by atoms with Gasteiger partial charge in [-0.1, -0.05) is 72.3 Å². The quantitative estimate of drug-likeness (QED) is 0.0440. The van der Waals surface area contributed by atoms with Gasteiger partial charge < -0.3 is 36.3 Å². The van der Waals surface area contributed by atoms with Crippen LogP contribution in [0, 0.1) is 46.3 Å². The summed E-state index contributed by atoms with van der Waals surface area (Å²) in [6.07, 6.45) is 30.9. The molecule has 8 N–H and O–H groups in total. The van der Waals surface area contributed by atoms with Crippen LogP contribution in [0.15, 0.2) is 28.9 Å². The summed E-state index contributed by atoms with van der Waals surface area (Å²) in [6.45, 7) is 16.8. The molecule has 12 nitrogen and oxygen atoms in total.